The van der Waals surface area contributed by atoms with Gasteiger partial charge in [0.1, 0.15) is 0 Å². The molecular weight excluding hydrogens is 312 g/mol. The zero-order chi connectivity index (χ0) is 17.5. The van der Waals surface area contributed by atoms with Crippen LogP contribution in [0.25, 0.3) is 0 Å². The van der Waals surface area contributed by atoms with E-state index in [1.54, 1.807) is 7.11 Å². The van der Waals surface area contributed by atoms with E-state index in [1.807, 2.05) is 53.4 Å². The van der Waals surface area contributed by atoms with E-state index in [9.17, 15) is 4.79 Å². The number of nitrogens with one attached hydrogen (secondary N) is 1. The molecule has 1 fully saturated rings. The number of nitrogens with zero attached hydrogens (tertiary/aromatic N) is 1. The van der Waals surface area contributed by atoms with E-state index < -0.39 is 0 Å². The number of anilines is 1. The molecule has 1 aliphatic rings. The highest BCUT2D eigenvalue weighted by Gasteiger charge is 2.31. The van der Waals surface area contributed by atoms with Gasteiger partial charge in [0.05, 0.1) is 19.7 Å². The molecule has 2 aromatic carbocycles. The van der Waals surface area contributed by atoms with Crippen molar-refractivity contribution in [3.63, 3.8) is 0 Å². The van der Waals surface area contributed by atoms with Crippen LogP contribution in [0.2, 0.25) is 0 Å². The monoisotopic (exact) mass is 338 g/mol. The van der Waals surface area contributed by atoms with Crippen LogP contribution in [0.3, 0.4) is 0 Å². The van der Waals surface area contributed by atoms with Gasteiger partial charge in [-0.3, -0.25) is 4.79 Å². The van der Waals surface area contributed by atoms with Crippen molar-refractivity contribution in [2.75, 3.05) is 25.2 Å². The maximum atomic E-state index is 12.9. The van der Waals surface area contributed by atoms with E-state index in [-0.39, 0.29) is 11.9 Å². The van der Waals surface area contributed by atoms with Crippen molar-refractivity contribution in [3.05, 3.63) is 66.2 Å². The van der Waals surface area contributed by atoms with Crippen LogP contribution >= 0.6 is 0 Å². The summed E-state index contributed by atoms with van der Waals surface area (Å²) in [7, 11) is 1.71. The van der Waals surface area contributed by atoms with Crippen LogP contribution in [-0.4, -0.2) is 32.2 Å². The van der Waals surface area contributed by atoms with Gasteiger partial charge in [0.15, 0.2) is 0 Å². The van der Waals surface area contributed by atoms with Crippen molar-refractivity contribution in [1.82, 2.24) is 5.32 Å². The average Bonchev–Trinajstić information content (AvgIpc) is 3.49. The van der Waals surface area contributed by atoms with Crippen LogP contribution in [0.5, 0.6) is 0 Å². The molecule has 1 unspecified atom stereocenters. The number of carbonyl (C=O) groups excluding carboxylic acids is 1. The highest BCUT2D eigenvalue weighted by atomic mass is 16.5. The van der Waals surface area contributed by atoms with Crippen LogP contribution in [0.1, 0.15) is 18.4 Å². The Morgan fingerprint density at radius 3 is 2.36 bits per heavy atom. The molecule has 0 bridgehead atoms. The highest BCUT2D eigenvalue weighted by Crippen LogP contribution is 2.32. The van der Waals surface area contributed by atoms with Crippen molar-refractivity contribution >= 4 is 11.6 Å². The fraction of sp³-hybridized carbons (Fsp3) is 0.381. The van der Waals surface area contributed by atoms with Crippen molar-refractivity contribution in [3.8, 4) is 0 Å². The lowest BCUT2D eigenvalue weighted by molar-refractivity contribution is -0.118. The molecule has 25 heavy (non-hydrogen) atoms. The fourth-order valence-electron chi connectivity index (χ4n) is 3.05. The first-order valence-electron chi connectivity index (χ1n) is 8.89. The van der Waals surface area contributed by atoms with Gasteiger partial charge >= 0.3 is 0 Å². The fourth-order valence-corrected chi connectivity index (χ4v) is 3.05. The van der Waals surface area contributed by atoms with Crippen LogP contribution < -0.4 is 10.2 Å². The summed E-state index contributed by atoms with van der Waals surface area (Å²) in [4.78, 5) is 14.8. The minimum absolute atomic E-state index is 0.0804. The van der Waals surface area contributed by atoms with Gasteiger partial charge in [0.25, 0.3) is 0 Å². The number of ether oxygens (including phenoxy) is 1. The summed E-state index contributed by atoms with van der Waals surface area (Å²) in [6.07, 6.45) is 2.45. The summed E-state index contributed by atoms with van der Waals surface area (Å²) in [5.74, 6) is 0.726. The van der Waals surface area contributed by atoms with Crippen molar-refractivity contribution in [2.24, 2.45) is 5.92 Å². The van der Waals surface area contributed by atoms with Crippen LogP contribution in [0.15, 0.2) is 60.7 Å². The van der Waals surface area contributed by atoms with Gasteiger partial charge in [0, 0.05) is 18.8 Å². The lowest BCUT2D eigenvalue weighted by Crippen LogP contribution is -2.44. The third-order valence-electron chi connectivity index (χ3n) is 4.61. The largest absolute Gasteiger partial charge is 0.383 e. The van der Waals surface area contributed by atoms with Gasteiger partial charge in [-0.15, -0.1) is 0 Å². The normalized spacial score (nSPS) is 14.9. The number of hydrogen-bond donors (Lipinski definition) is 1. The first kappa shape index (κ1) is 17.6. The Bertz CT molecular complexity index is 656. The third-order valence-corrected chi connectivity index (χ3v) is 4.61. The Labute approximate surface area is 149 Å². The Balaban J connectivity index is 1.68. The number of amides is 1. The second-order valence-corrected chi connectivity index (χ2v) is 6.58. The summed E-state index contributed by atoms with van der Waals surface area (Å²) in [5, 5.41) is 3.40. The number of hydrogen-bond acceptors (Lipinski definition) is 3. The molecule has 1 atom stereocenters. The predicted octanol–water partition coefficient (Wildman–Crippen LogP) is 3.23. The number of methoxy groups -OCH3 is 1. The minimum atomic E-state index is 0.0804. The summed E-state index contributed by atoms with van der Waals surface area (Å²) >= 11 is 0. The van der Waals surface area contributed by atoms with E-state index in [4.69, 9.17) is 4.74 Å². The van der Waals surface area contributed by atoms with Gasteiger partial charge in [-0.2, -0.15) is 0 Å². The average molecular weight is 338 g/mol. The van der Waals surface area contributed by atoms with Gasteiger partial charge in [0.2, 0.25) is 5.91 Å². The van der Waals surface area contributed by atoms with E-state index in [0.29, 0.717) is 25.6 Å². The Morgan fingerprint density at radius 2 is 1.76 bits per heavy atom. The number of rotatable bonds is 9. The zero-order valence-electron chi connectivity index (χ0n) is 14.7. The molecule has 3 rings (SSSR count). The maximum Gasteiger partial charge on any atom is 0.241 e. The molecule has 0 spiro atoms. The first-order valence-corrected chi connectivity index (χ1v) is 8.89. The molecule has 0 aliphatic heterocycles. The topological polar surface area (TPSA) is 41.6 Å². The van der Waals surface area contributed by atoms with E-state index in [0.717, 1.165) is 11.3 Å². The molecule has 2 aromatic rings. The summed E-state index contributed by atoms with van der Waals surface area (Å²) < 4.78 is 5.29. The van der Waals surface area contributed by atoms with Gasteiger partial charge in [-0.1, -0.05) is 48.5 Å². The zero-order valence-corrected chi connectivity index (χ0v) is 14.7. The Kier molecular flexibility index (Phi) is 6.20. The molecule has 1 saturated carbocycles. The molecule has 132 valence electrons. The number of para-hydroxylation sites is 1. The van der Waals surface area contributed by atoms with Crippen LogP contribution in [0.4, 0.5) is 5.69 Å². The lowest BCUT2D eigenvalue weighted by atomic mass is 10.1. The maximum absolute atomic E-state index is 12.9. The first-order chi connectivity index (χ1) is 12.3. The smallest absolute Gasteiger partial charge is 0.241 e. The Morgan fingerprint density at radius 1 is 1.12 bits per heavy atom. The summed E-state index contributed by atoms with van der Waals surface area (Å²) in [5.41, 5.74) is 2.04. The SMILES string of the molecule is COCC(NCC(=O)N(Cc1ccccc1)c1ccccc1)C1CC1. The van der Waals surface area contributed by atoms with E-state index in [1.165, 1.54) is 12.8 Å². The molecule has 0 saturated heterocycles. The predicted molar refractivity (Wildman–Crippen MR) is 100 cm³/mol. The lowest BCUT2D eigenvalue weighted by Gasteiger charge is -2.25. The Hall–Kier alpha value is -2.17. The molecule has 4 heteroatoms. The molecule has 1 amide bonds. The van der Waals surface area contributed by atoms with Crippen molar-refractivity contribution in [1.29, 1.82) is 0 Å². The van der Waals surface area contributed by atoms with Crippen LogP contribution in [0, 0.1) is 5.92 Å². The molecule has 0 heterocycles. The van der Waals surface area contributed by atoms with Gasteiger partial charge in [-0.05, 0) is 36.5 Å². The van der Waals surface area contributed by atoms with Crippen molar-refractivity contribution in [2.45, 2.75) is 25.4 Å². The molecule has 1 N–H and O–H groups in total. The minimum Gasteiger partial charge on any atom is -0.383 e. The highest BCUT2D eigenvalue weighted by molar-refractivity contribution is 5.94. The van der Waals surface area contributed by atoms with E-state index in [2.05, 4.69) is 17.4 Å². The second-order valence-electron chi connectivity index (χ2n) is 6.58. The van der Waals surface area contributed by atoms with Crippen LogP contribution in [-0.2, 0) is 16.1 Å². The molecular formula is C21H26N2O2. The van der Waals surface area contributed by atoms with Crippen molar-refractivity contribution < 1.29 is 9.53 Å². The molecule has 4 nitrogen and oxygen atoms in total. The molecule has 0 aromatic heterocycles. The number of benzene rings is 2. The quantitative estimate of drug-likeness (QED) is 0.763. The molecule has 1 aliphatic carbocycles. The third kappa shape index (κ3) is 5.15. The number of carbonyl (C=O) groups is 1. The van der Waals surface area contributed by atoms with Gasteiger partial charge in [-0.25, -0.2) is 0 Å². The summed E-state index contributed by atoms with van der Waals surface area (Å²) in [6, 6.07) is 20.2. The molecule has 0 radical (unpaired) electrons. The summed E-state index contributed by atoms with van der Waals surface area (Å²) in [6.45, 7) is 1.55. The second kappa shape index (κ2) is 8.79. The van der Waals surface area contributed by atoms with E-state index >= 15 is 0 Å². The standard InChI is InChI=1S/C21H26N2O2/c1-25-16-20(18-12-13-18)22-14-21(24)23(19-10-6-3-7-11-19)15-17-8-4-2-5-9-17/h2-11,18,20,22H,12-16H2,1H3. The van der Waals surface area contributed by atoms with Gasteiger partial charge < -0.3 is 15.0 Å².